The van der Waals surface area contributed by atoms with Crippen LogP contribution in [0.4, 0.5) is 0 Å². The van der Waals surface area contributed by atoms with Gasteiger partial charge in [0, 0.05) is 38.2 Å². The number of cyclic esters (lactones) is 1. The van der Waals surface area contributed by atoms with Gasteiger partial charge in [0.15, 0.2) is 24.4 Å². The van der Waals surface area contributed by atoms with Crippen LogP contribution >= 0.6 is 0 Å². The Bertz CT molecular complexity index is 1620. The van der Waals surface area contributed by atoms with Crippen molar-refractivity contribution in [3.8, 4) is 11.6 Å². The summed E-state index contributed by atoms with van der Waals surface area (Å²) >= 11 is 0. The predicted molar refractivity (Wildman–Crippen MR) is 245 cm³/mol. The molecule has 376 valence electrons. The van der Waals surface area contributed by atoms with Crippen LogP contribution < -0.4 is 20.1 Å². The number of nitrogens with zero attached hydrogens (tertiary/aromatic N) is 2. The van der Waals surface area contributed by atoms with Gasteiger partial charge in [0.25, 0.3) is 5.88 Å². The van der Waals surface area contributed by atoms with Crippen molar-refractivity contribution in [2.45, 2.75) is 205 Å². The Labute approximate surface area is 388 Å². The van der Waals surface area contributed by atoms with E-state index in [2.05, 4.69) is 20.5 Å². The monoisotopic (exact) mass is 927 g/mol. The fourth-order valence-electron chi connectivity index (χ4n) is 10.2. The number of aliphatic hydroxyl groups excluding tert-OH is 1. The normalized spacial score (nSPS) is 42.7. The maximum Gasteiger partial charge on any atom is 0.311 e. The second-order valence-corrected chi connectivity index (χ2v) is 20.0. The van der Waals surface area contributed by atoms with Crippen molar-refractivity contribution in [2.24, 2.45) is 17.8 Å². The first-order valence-corrected chi connectivity index (χ1v) is 24.0. The zero-order chi connectivity index (χ0) is 48.7. The molecule has 0 spiro atoms. The lowest BCUT2D eigenvalue weighted by Crippen LogP contribution is -2.70. The lowest BCUT2D eigenvalue weighted by molar-refractivity contribution is -0.335. The number of hydrogen-bond donors (Lipinski definition) is 6. The number of hydrogen-bond acceptors (Lipinski definition) is 17. The van der Waals surface area contributed by atoms with Gasteiger partial charge in [-0.3, -0.25) is 4.79 Å². The van der Waals surface area contributed by atoms with E-state index in [0.717, 1.165) is 6.42 Å². The molecule has 0 saturated carbocycles. The summed E-state index contributed by atoms with van der Waals surface area (Å²) in [6.45, 7) is 23.4. The fourth-order valence-corrected chi connectivity index (χ4v) is 10.2. The van der Waals surface area contributed by atoms with E-state index in [1.54, 1.807) is 60.1 Å². The number of likely N-dealkylation sites (N-methyl/N-ethyl adjacent to an activating group) is 1. The Morgan fingerprint density at radius 1 is 0.985 bits per heavy atom. The number of rotatable bonds is 15. The molecule has 0 amide bonds. The van der Waals surface area contributed by atoms with Gasteiger partial charge < -0.3 is 73.9 Å². The molecule has 17 nitrogen and oxygen atoms in total. The van der Waals surface area contributed by atoms with Crippen molar-refractivity contribution >= 4 is 5.97 Å². The van der Waals surface area contributed by atoms with Gasteiger partial charge in [-0.05, 0) is 126 Å². The number of methoxy groups -OCH3 is 1. The SMILES string of the molecule is CCCNC[C@]1(O)[C@H](C)O[C@@H](OC2C(C)C(=O)OC(CC)C(C)(O)C(O)C(C)NCC(C)CC(C)(O)C(O[C@@H]3O[C@H](C)C[C@H](N(C)C)[C@H]3Oc3cccnc3OCC)C2C)C[C@@]1(C)OC. The van der Waals surface area contributed by atoms with Crippen molar-refractivity contribution in [1.29, 1.82) is 0 Å². The number of pyridine rings is 1. The predicted octanol–water partition coefficient (Wildman–Crippen LogP) is 3.81. The Morgan fingerprint density at radius 2 is 1.68 bits per heavy atom. The van der Waals surface area contributed by atoms with Crippen LogP contribution in [-0.2, 0) is 33.2 Å². The lowest BCUT2D eigenvalue weighted by Gasteiger charge is -2.53. The molecule has 10 unspecified atom stereocenters. The van der Waals surface area contributed by atoms with Gasteiger partial charge >= 0.3 is 5.97 Å². The van der Waals surface area contributed by atoms with Crippen molar-refractivity contribution in [1.82, 2.24) is 20.5 Å². The van der Waals surface area contributed by atoms with E-state index >= 15 is 0 Å². The second kappa shape index (κ2) is 23.4. The topological polar surface area (TPSA) is 212 Å². The molecule has 65 heavy (non-hydrogen) atoms. The van der Waals surface area contributed by atoms with Crippen LogP contribution in [0.2, 0.25) is 0 Å². The summed E-state index contributed by atoms with van der Waals surface area (Å²) in [7, 11) is 5.48. The third-order valence-electron chi connectivity index (χ3n) is 14.3. The highest BCUT2D eigenvalue weighted by Crippen LogP contribution is 2.43. The van der Waals surface area contributed by atoms with Crippen molar-refractivity contribution in [3.63, 3.8) is 0 Å². The number of nitrogens with one attached hydrogen (secondary N) is 2. The summed E-state index contributed by atoms with van der Waals surface area (Å²) in [5.41, 5.74) is -6.04. The molecule has 0 aromatic carbocycles. The largest absolute Gasteiger partial charge is 0.478 e. The molecule has 1 aromatic heterocycles. The number of aromatic nitrogens is 1. The molecular formula is C48H86N4O13. The Morgan fingerprint density at radius 3 is 2.29 bits per heavy atom. The van der Waals surface area contributed by atoms with E-state index in [1.807, 2.05) is 55.6 Å². The third-order valence-corrected chi connectivity index (χ3v) is 14.3. The van der Waals surface area contributed by atoms with Gasteiger partial charge in [-0.1, -0.05) is 27.7 Å². The maximum absolute atomic E-state index is 14.6. The summed E-state index contributed by atoms with van der Waals surface area (Å²) in [4.78, 5) is 21.1. The Hall–Kier alpha value is -2.26. The average molecular weight is 927 g/mol. The van der Waals surface area contributed by atoms with Crippen molar-refractivity contribution < 1.29 is 63.1 Å². The number of ether oxygens (including phenoxy) is 8. The highest BCUT2D eigenvalue weighted by Gasteiger charge is 2.58. The molecule has 3 fully saturated rings. The molecule has 3 aliphatic rings. The van der Waals surface area contributed by atoms with Crippen LogP contribution in [0.5, 0.6) is 11.6 Å². The summed E-state index contributed by atoms with van der Waals surface area (Å²) < 4.78 is 52.2. The minimum Gasteiger partial charge on any atom is -0.478 e. The zero-order valence-electron chi connectivity index (χ0n) is 42.0. The summed E-state index contributed by atoms with van der Waals surface area (Å²) in [6.07, 6.45) is -4.82. The van der Waals surface area contributed by atoms with Crippen LogP contribution in [0.3, 0.4) is 0 Å². The smallest absolute Gasteiger partial charge is 0.311 e. The van der Waals surface area contributed by atoms with Gasteiger partial charge in [-0.25, -0.2) is 4.98 Å². The molecule has 0 radical (unpaired) electrons. The van der Waals surface area contributed by atoms with Crippen molar-refractivity contribution in [3.05, 3.63) is 18.3 Å². The minimum absolute atomic E-state index is 0.0844. The average Bonchev–Trinajstić information content (AvgIpc) is 3.24. The van der Waals surface area contributed by atoms with Crippen LogP contribution in [0.1, 0.15) is 115 Å². The van der Waals surface area contributed by atoms with E-state index in [4.69, 9.17) is 37.9 Å². The quantitative estimate of drug-likeness (QED) is 0.109. The van der Waals surface area contributed by atoms with Gasteiger partial charge in [0.2, 0.25) is 0 Å². The molecule has 1 aromatic rings. The Kier molecular flexibility index (Phi) is 19.9. The molecule has 3 saturated heterocycles. The summed E-state index contributed by atoms with van der Waals surface area (Å²) in [5, 5.41) is 55.1. The van der Waals surface area contributed by atoms with Crippen molar-refractivity contribution in [2.75, 3.05) is 47.4 Å². The van der Waals surface area contributed by atoms with Gasteiger partial charge in [-0.2, -0.15) is 0 Å². The molecule has 17 heteroatoms. The standard InChI is InChI=1S/C48H86N4O13/c1-16-21-49-27-48(57)33(9)61-37(25-46(48,11)58-15)64-38-30(6)41(65-44-39(34(52(13)14)23-29(5)60-44)62-35-20-19-22-50-42(35)59-18-3)45(10,55)24-28(4)26-51-32(8)40(53)47(12,56)36(17-2)63-43(54)31(38)7/h19-20,22,28-34,36-41,44,49,51,53,55-57H,16-18,21,23-27H2,1-15H3/t28?,29-,30?,31?,32?,33+,34+,36?,37+,38?,39-,40?,41?,44+,45?,46-,47?,48+/m1/s1. The first-order valence-electron chi connectivity index (χ1n) is 24.0. The zero-order valence-corrected chi connectivity index (χ0v) is 42.0. The molecule has 6 N–H and O–H groups in total. The van der Waals surface area contributed by atoms with Gasteiger partial charge in [0.05, 0.1) is 48.6 Å². The Balaban J connectivity index is 1.88. The highest BCUT2D eigenvalue weighted by atomic mass is 16.7. The summed E-state index contributed by atoms with van der Waals surface area (Å²) in [5.74, 6) is -2.00. The second-order valence-electron chi connectivity index (χ2n) is 20.0. The molecule has 0 aliphatic carbocycles. The highest BCUT2D eigenvalue weighted by molar-refractivity contribution is 5.73. The van der Waals surface area contributed by atoms with E-state index in [9.17, 15) is 25.2 Å². The number of carbonyl (C=O) groups excluding carboxylic acids is 1. The molecule has 3 aliphatic heterocycles. The van der Waals surface area contributed by atoms with Crippen LogP contribution in [0.15, 0.2) is 18.3 Å². The van der Waals surface area contributed by atoms with Crippen LogP contribution in [-0.4, -0.2) is 174 Å². The first-order chi connectivity index (χ1) is 30.4. The number of carbonyl (C=O) groups is 1. The van der Waals surface area contributed by atoms with E-state index in [1.165, 1.54) is 6.92 Å². The molecule has 4 rings (SSSR count). The fraction of sp³-hybridized carbons (Fsp3) is 0.875. The molecule has 18 atom stereocenters. The maximum atomic E-state index is 14.6. The van der Waals surface area contributed by atoms with E-state index in [-0.39, 0.29) is 43.9 Å². The van der Waals surface area contributed by atoms with Gasteiger partial charge in [0.1, 0.15) is 29.0 Å². The first kappa shape index (κ1) is 55.3. The molecule has 4 heterocycles. The minimum atomic E-state index is -1.83. The molecule has 0 bridgehead atoms. The van der Waals surface area contributed by atoms with Crippen LogP contribution in [0.25, 0.3) is 0 Å². The number of esters is 1. The van der Waals surface area contributed by atoms with Gasteiger partial charge in [-0.15, -0.1) is 0 Å². The number of aliphatic hydroxyl groups is 4. The van der Waals surface area contributed by atoms with E-state index < -0.39 is 95.5 Å². The lowest BCUT2D eigenvalue weighted by atomic mass is 9.75. The third kappa shape index (κ3) is 12.9. The summed E-state index contributed by atoms with van der Waals surface area (Å²) in [6, 6.07) is 2.72. The van der Waals surface area contributed by atoms with Crippen LogP contribution in [0, 0.1) is 17.8 Å². The van der Waals surface area contributed by atoms with E-state index in [0.29, 0.717) is 37.7 Å². The molecular weight excluding hydrogens is 841 g/mol.